The summed E-state index contributed by atoms with van der Waals surface area (Å²) in [6.45, 7) is 4.55. The highest BCUT2D eigenvalue weighted by molar-refractivity contribution is 6.31. The molecule has 0 atom stereocenters. The van der Waals surface area contributed by atoms with Gasteiger partial charge in [-0.25, -0.2) is 0 Å². The van der Waals surface area contributed by atoms with Gasteiger partial charge >= 0.3 is 0 Å². The molecule has 2 rings (SSSR count). The van der Waals surface area contributed by atoms with Gasteiger partial charge in [0.2, 0.25) is 0 Å². The largest absolute Gasteiger partial charge is 0.495 e. The SMILES string of the molecule is COc1ccc(Cl)cc1NC(=O)c1cncc(C(=O)NCC(C)C)c1. The van der Waals surface area contributed by atoms with E-state index >= 15 is 0 Å². The first-order valence-corrected chi connectivity index (χ1v) is 8.16. The lowest BCUT2D eigenvalue weighted by molar-refractivity contribution is 0.0948. The molecule has 6 nitrogen and oxygen atoms in total. The molecule has 132 valence electrons. The number of ether oxygens (including phenoxy) is 1. The molecule has 1 heterocycles. The molecule has 1 aromatic carbocycles. The summed E-state index contributed by atoms with van der Waals surface area (Å²) < 4.78 is 5.20. The third-order valence-corrected chi connectivity index (χ3v) is 3.58. The maximum Gasteiger partial charge on any atom is 0.257 e. The van der Waals surface area contributed by atoms with Crippen molar-refractivity contribution in [1.82, 2.24) is 10.3 Å². The number of anilines is 1. The molecule has 0 radical (unpaired) electrons. The van der Waals surface area contributed by atoms with Crippen LogP contribution in [0, 0.1) is 5.92 Å². The molecule has 0 aliphatic rings. The van der Waals surface area contributed by atoms with Crippen molar-refractivity contribution in [1.29, 1.82) is 0 Å². The molecule has 0 aliphatic carbocycles. The summed E-state index contributed by atoms with van der Waals surface area (Å²) in [6, 6.07) is 6.41. The molecule has 1 aromatic heterocycles. The smallest absolute Gasteiger partial charge is 0.257 e. The van der Waals surface area contributed by atoms with Crippen molar-refractivity contribution >= 4 is 29.1 Å². The molecule has 2 N–H and O–H groups in total. The van der Waals surface area contributed by atoms with Gasteiger partial charge < -0.3 is 15.4 Å². The molecule has 7 heteroatoms. The quantitative estimate of drug-likeness (QED) is 0.826. The average molecular weight is 362 g/mol. The second-order valence-electron chi connectivity index (χ2n) is 5.86. The van der Waals surface area contributed by atoms with Crippen LogP contribution in [0.25, 0.3) is 0 Å². The van der Waals surface area contributed by atoms with Crippen molar-refractivity contribution in [3.63, 3.8) is 0 Å². The molecule has 0 unspecified atom stereocenters. The minimum atomic E-state index is -0.411. The van der Waals surface area contributed by atoms with Crippen LogP contribution >= 0.6 is 11.6 Å². The van der Waals surface area contributed by atoms with Gasteiger partial charge in [0, 0.05) is 24.0 Å². The van der Waals surface area contributed by atoms with Gasteiger partial charge in [-0.3, -0.25) is 14.6 Å². The van der Waals surface area contributed by atoms with Crippen LogP contribution in [0.5, 0.6) is 5.75 Å². The Kier molecular flexibility index (Phi) is 6.36. The van der Waals surface area contributed by atoms with Gasteiger partial charge in [0.15, 0.2) is 0 Å². The Bertz CT molecular complexity index is 778. The van der Waals surface area contributed by atoms with E-state index in [1.807, 2.05) is 13.8 Å². The second-order valence-corrected chi connectivity index (χ2v) is 6.30. The standard InChI is InChI=1S/C18H20ClN3O3/c1-11(2)8-21-17(23)12-6-13(10-20-9-12)18(24)22-15-7-14(19)4-5-16(15)25-3/h4-7,9-11H,8H2,1-3H3,(H,21,23)(H,22,24). The number of pyridine rings is 1. The van der Waals surface area contributed by atoms with Crippen LogP contribution in [0.3, 0.4) is 0 Å². The van der Waals surface area contributed by atoms with Crippen molar-refractivity contribution in [2.24, 2.45) is 5.92 Å². The van der Waals surface area contributed by atoms with Gasteiger partial charge in [0.1, 0.15) is 5.75 Å². The van der Waals surface area contributed by atoms with Crippen molar-refractivity contribution in [2.45, 2.75) is 13.8 Å². The fourth-order valence-electron chi connectivity index (χ4n) is 2.06. The summed E-state index contributed by atoms with van der Waals surface area (Å²) in [7, 11) is 1.50. The summed E-state index contributed by atoms with van der Waals surface area (Å²) >= 11 is 5.96. The van der Waals surface area contributed by atoms with Gasteiger partial charge in [-0.15, -0.1) is 0 Å². The molecule has 0 bridgehead atoms. The second kappa shape index (κ2) is 8.48. The fourth-order valence-corrected chi connectivity index (χ4v) is 2.23. The number of nitrogens with one attached hydrogen (secondary N) is 2. The highest BCUT2D eigenvalue weighted by atomic mass is 35.5. The lowest BCUT2D eigenvalue weighted by Crippen LogP contribution is -2.27. The minimum Gasteiger partial charge on any atom is -0.495 e. The van der Waals surface area contributed by atoms with Crippen LogP contribution in [0.2, 0.25) is 5.02 Å². The number of hydrogen-bond acceptors (Lipinski definition) is 4. The van der Waals surface area contributed by atoms with Crippen LogP contribution in [0.1, 0.15) is 34.6 Å². The van der Waals surface area contributed by atoms with Gasteiger partial charge in [-0.05, 0) is 30.2 Å². The van der Waals surface area contributed by atoms with Crippen LogP contribution < -0.4 is 15.4 Å². The highest BCUT2D eigenvalue weighted by Crippen LogP contribution is 2.28. The van der Waals surface area contributed by atoms with E-state index in [0.29, 0.717) is 34.5 Å². The Morgan fingerprint density at radius 2 is 1.84 bits per heavy atom. The summed E-state index contributed by atoms with van der Waals surface area (Å²) in [5.74, 6) is 0.137. The van der Waals surface area contributed by atoms with E-state index in [1.54, 1.807) is 18.2 Å². The topological polar surface area (TPSA) is 80.3 Å². The van der Waals surface area contributed by atoms with Gasteiger partial charge in [0.25, 0.3) is 11.8 Å². The lowest BCUT2D eigenvalue weighted by atomic mass is 10.1. The fraction of sp³-hybridized carbons (Fsp3) is 0.278. The molecule has 2 aromatic rings. The van der Waals surface area contributed by atoms with E-state index in [1.165, 1.54) is 25.6 Å². The number of rotatable bonds is 6. The van der Waals surface area contributed by atoms with Crippen LogP contribution in [0.4, 0.5) is 5.69 Å². The predicted molar refractivity (Wildman–Crippen MR) is 97.4 cm³/mol. The third-order valence-electron chi connectivity index (χ3n) is 3.34. The molecular weight excluding hydrogens is 342 g/mol. The summed E-state index contributed by atoms with van der Waals surface area (Å²) in [5, 5.41) is 5.98. The molecule has 0 saturated carbocycles. The number of amides is 2. The van der Waals surface area contributed by atoms with Crippen LogP contribution in [-0.2, 0) is 0 Å². The lowest BCUT2D eigenvalue weighted by Gasteiger charge is -2.11. The summed E-state index contributed by atoms with van der Waals surface area (Å²) in [5.41, 5.74) is 1.03. The minimum absolute atomic E-state index is 0.263. The Labute approximate surface area is 151 Å². The van der Waals surface area contributed by atoms with Gasteiger partial charge in [0.05, 0.1) is 23.9 Å². The normalized spacial score (nSPS) is 10.4. The van der Waals surface area contributed by atoms with Crippen molar-refractivity contribution in [3.05, 3.63) is 52.8 Å². The number of halogens is 1. The molecular formula is C18H20ClN3O3. The Hall–Kier alpha value is -2.60. The first-order valence-electron chi connectivity index (χ1n) is 7.79. The first kappa shape index (κ1) is 18.7. The van der Waals surface area contributed by atoms with E-state index in [9.17, 15) is 9.59 Å². The van der Waals surface area contributed by atoms with Crippen molar-refractivity contribution in [3.8, 4) is 5.75 Å². The monoisotopic (exact) mass is 361 g/mol. The zero-order valence-electron chi connectivity index (χ0n) is 14.3. The van der Waals surface area contributed by atoms with E-state index in [2.05, 4.69) is 15.6 Å². The van der Waals surface area contributed by atoms with E-state index < -0.39 is 5.91 Å². The number of carbonyl (C=O) groups excluding carboxylic acids is 2. The van der Waals surface area contributed by atoms with E-state index in [4.69, 9.17) is 16.3 Å². The number of methoxy groups -OCH3 is 1. The third kappa shape index (κ3) is 5.19. The molecule has 0 fully saturated rings. The van der Waals surface area contributed by atoms with Crippen LogP contribution in [0.15, 0.2) is 36.7 Å². The average Bonchev–Trinajstić information content (AvgIpc) is 2.60. The zero-order valence-corrected chi connectivity index (χ0v) is 15.1. The zero-order chi connectivity index (χ0) is 18.4. The van der Waals surface area contributed by atoms with Crippen molar-refractivity contribution in [2.75, 3.05) is 19.0 Å². The highest BCUT2D eigenvalue weighted by Gasteiger charge is 2.14. The van der Waals surface area contributed by atoms with Crippen LogP contribution in [-0.4, -0.2) is 30.5 Å². The summed E-state index contributed by atoms with van der Waals surface area (Å²) in [6.07, 6.45) is 2.82. The number of aromatic nitrogens is 1. The Balaban J connectivity index is 2.16. The summed E-state index contributed by atoms with van der Waals surface area (Å²) in [4.78, 5) is 28.5. The van der Waals surface area contributed by atoms with E-state index in [0.717, 1.165) is 0 Å². The van der Waals surface area contributed by atoms with Crippen molar-refractivity contribution < 1.29 is 14.3 Å². The number of hydrogen-bond donors (Lipinski definition) is 2. The maximum absolute atomic E-state index is 12.5. The van der Waals surface area contributed by atoms with E-state index in [-0.39, 0.29) is 11.5 Å². The molecule has 0 aliphatic heterocycles. The predicted octanol–water partition coefficient (Wildman–Crippen LogP) is 3.38. The Morgan fingerprint density at radius 1 is 1.16 bits per heavy atom. The number of nitrogens with zero attached hydrogens (tertiary/aromatic N) is 1. The maximum atomic E-state index is 12.5. The molecule has 0 spiro atoms. The Morgan fingerprint density at radius 3 is 2.48 bits per heavy atom. The van der Waals surface area contributed by atoms with Gasteiger partial charge in [-0.2, -0.15) is 0 Å². The first-order chi connectivity index (χ1) is 11.9. The van der Waals surface area contributed by atoms with Gasteiger partial charge in [-0.1, -0.05) is 25.4 Å². The number of benzene rings is 1. The number of carbonyl (C=O) groups is 2. The molecule has 25 heavy (non-hydrogen) atoms. The molecule has 2 amide bonds. The molecule has 0 saturated heterocycles.